The van der Waals surface area contributed by atoms with E-state index >= 15 is 0 Å². The van der Waals surface area contributed by atoms with Crippen molar-refractivity contribution in [2.45, 2.75) is 51.6 Å². The summed E-state index contributed by atoms with van der Waals surface area (Å²) in [6.45, 7) is 3.78. The van der Waals surface area contributed by atoms with Crippen LogP contribution in [0.2, 0.25) is 0 Å². The fourth-order valence-corrected chi connectivity index (χ4v) is 4.76. The van der Waals surface area contributed by atoms with Crippen LogP contribution >= 0.6 is 0 Å². The van der Waals surface area contributed by atoms with Crippen LogP contribution in [0.4, 0.5) is 5.82 Å². The molecule has 0 fully saturated rings. The molecule has 3 aromatic rings. The maximum Gasteiger partial charge on any atom is 0.305 e. The molecule has 2 aliphatic heterocycles. The first-order chi connectivity index (χ1) is 16.5. The third kappa shape index (κ3) is 4.50. The highest BCUT2D eigenvalue weighted by Crippen LogP contribution is 2.29. The van der Waals surface area contributed by atoms with Crippen LogP contribution in [0, 0.1) is 6.92 Å². The number of carboxylic acid groups (broad SMARTS) is 1. The van der Waals surface area contributed by atoms with Gasteiger partial charge in [0, 0.05) is 49.5 Å². The summed E-state index contributed by atoms with van der Waals surface area (Å²) < 4.78 is 1.97. The number of aromatic nitrogens is 4. The Morgan fingerprint density at radius 1 is 1.21 bits per heavy atom. The molecule has 0 aliphatic carbocycles. The van der Waals surface area contributed by atoms with E-state index in [1.165, 1.54) is 5.56 Å². The summed E-state index contributed by atoms with van der Waals surface area (Å²) in [6.07, 6.45) is 8.84. The van der Waals surface area contributed by atoms with Gasteiger partial charge in [-0.2, -0.15) is 0 Å². The van der Waals surface area contributed by atoms with Crippen LogP contribution in [0.15, 0.2) is 36.8 Å². The Balaban J connectivity index is 1.32. The minimum absolute atomic E-state index is 0.166. The average Bonchev–Trinajstić information content (AvgIpc) is 3.26. The van der Waals surface area contributed by atoms with Crippen LogP contribution in [0.3, 0.4) is 0 Å². The summed E-state index contributed by atoms with van der Waals surface area (Å²) >= 11 is 0. The van der Waals surface area contributed by atoms with E-state index in [1.807, 2.05) is 16.8 Å². The van der Waals surface area contributed by atoms with Crippen molar-refractivity contribution in [3.8, 4) is 0 Å². The van der Waals surface area contributed by atoms with E-state index < -0.39 is 12.0 Å². The lowest BCUT2D eigenvalue weighted by atomic mass is 10.0. The zero-order valence-electron chi connectivity index (χ0n) is 19.2. The summed E-state index contributed by atoms with van der Waals surface area (Å²) in [5, 5.41) is 12.8. The Morgan fingerprint density at radius 3 is 2.82 bits per heavy atom. The normalized spacial score (nSPS) is 15.9. The standard InChI is InChI=1S/C25H28N6O3/c1-16-27-13-19(14-28-16)21(12-23(32)33)31-10-9-30-15-17(11-22(30)25(31)34)4-6-20-7-5-18-3-2-8-26-24(18)29-20/h5,7,11,13-15,21H,2-4,6,8-10,12H2,1H3,(H,26,29)(H,32,33). The molecule has 3 aromatic heterocycles. The van der Waals surface area contributed by atoms with Crippen molar-refractivity contribution in [3.63, 3.8) is 0 Å². The molecule has 5 rings (SSSR count). The van der Waals surface area contributed by atoms with Gasteiger partial charge in [0.05, 0.1) is 12.5 Å². The molecule has 1 amide bonds. The van der Waals surface area contributed by atoms with Gasteiger partial charge >= 0.3 is 5.97 Å². The molecule has 0 saturated carbocycles. The largest absolute Gasteiger partial charge is 0.481 e. The SMILES string of the molecule is Cc1ncc(C(CC(=O)O)N2CCn3cc(CCc4ccc5c(n4)NCCC5)cc3C2=O)cn1. The van der Waals surface area contributed by atoms with Crippen LogP contribution < -0.4 is 5.32 Å². The molecule has 2 N–H and O–H groups in total. The third-order valence-electron chi connectivity index (χ3n) is 6.57. The number of carbonyl (C=O) groups excluding carboxylic acids is 1. The molecule has 5 heterocycles. The first-order valence-corrected chi connectivity index (χ1v) is 11.7. The molecule has 1 unspecified atom stereocenters. The highest BCUT2D eigenvalue weighted by Gasteiger charge is 2.33. The first-order valence-electron chi connectivity index (χ1n) is 11.7. The van der Waals surface area contributed by atoms with Gasteiger partial charge in [-0.05, 0) is 55.9 Å². The van der Waals surface area contributed by atoms with Gasteiger partial charge in [0.1, 0.15) is 17.3 Å². The predicted molar refractivity (Wildman–Crippen MR) is 126 cm³/mol. The Bertz CT molecular complexity index is 1220. The molecule has 176 valence electrons. The van der Waals surface area contributed by atoms with Gasteiger partial charge in [-0.3, -0.25) is 9.59 Å². The van der Waals surface area contributed by atoms with E-state index in [0.29, 0.717) is 30.2 Å². The monoisotopic (exact) mass is 460 g/mol. The lowest BCUT2D eigenvalue weighted by molar-refractivity contribution is -0.138. The Hall–Kier alpha value is -3.75. The van der Waals surface area contributed by atoms with Gasteiger partial charge in [-0.15, -0.1) is 0 Å². The second kappa shape index (κ2) is 9.24. The number of aryl methyl sites for hydroxylation is 4. The average molecular weight is 461 g/mol. The van der Waals surface area contributed by atoms with E-state index in [9.17, 15) is 14.7 Å². The molecule has 0 bridgehead atoms. The molecule has 34 heavy (non-hydrogen) atoms. The molecule has 0 spiro atoms. The maximum absolute atomic E-state index is 13.4. The molecule has 0 saturated heterocycles. The quantitative estimate of drug-likeness (QED) is 0.557. The van der Waals surface area contributed by atoms with Crippen LogP contribution in [0.5, 0.6) is 0 Å². The summed E-state index contributed by atoms with van der Waals surface area (Å²) in [5.74, 6) is 0.466. The third-order valence-corrected chi connectivity index (χ3v) is 6.57. The maximum atomic E-state index is 13.4. The second-order valence-electron chi connectivity index (χ2n) is 8.94. The second-order valence-corrected chi connectivity index (χ2v) is 8.94. The number of carbonyl (C=O) groups is 2. The summed E-state index contributed by atoms with van der Waals surface area (Å²) in [4.78, 5) is 39.7. The Morgan fingerprint density at radius 2 is 2.03 bits per heavy atom. The summed E-state index contributed by atoms with van der Waals surface area (Å²) in [6, 6.07) is 5.57. The lowest BCUT2D eigenvalue weighted by Crippen LogP contribution is -2.43. The summed E-state index contributed by atoms with van der Waals surface area (Å²) in [7, 11) is 0. The van der Waals surface area contributed by atoms with Gasteiger partial charge in [-0.1, -0.05) is 6.07 Å². The number of pyridine rings is 1. The number of fused-ring (bicyclic) bond motifs is 2. The number of amides is 1. The topological polar surface area (TPSA) is 113 Å². The Labute approximate surface area is 197 Å². The molecule has 9 heteroatoms. The van der Waals surface area contributed by atoms with Crippen molar-refractivity contribution in [1.29, 1.82) is 0 Å². The van der Waals surface area contributed by atoms with Crippen LogP contribution in [0.1, 0.15) is 57.6 Å². The molecule has 9 nitrogen and oxygen atoms in total. The Kier molecular flexibility index (Phi) is 6.00. The molecular formula is C25H28N6O3. The predicted octanol–water partition coefficient (Wildman–Crippen LogP) is 2.80. The van der Waals surface area contributed by atoms with Crippen LogP contribution in [-0.2, 0) is 30.6 Å². The van der Waals surface area contributed by atoms with Crippen molar-refractivity contribution in [2.24, 2.45) is 0 Å². The van der Waals surface area contributed by atoms with Crippen molar-refractivity contribution >= 4 is 17.7 Å². The highest BCUT2D eigenvalue weighted by molar-refractivity contribution is 5.94. The number of anilines is 1. The molecule has 0 radical (unpaired) electrons. The van der Waals surface area contributed by atoms with Gasteiger partial charge in [0.25, 0.3) is 5.91 Å². The number of hydrogen-bond acceptors (Lipinski definition) is 6. The van der Waals surface area contributed by atoms with Gasteiger partial charge in [-0.25, -0.2) is 15.0 Å². The number of hydrogen-bond donors (Lipinski definition) is 2. The van der Waals surface area contributed by atoms with Crippen molar-refractivity contribution in [3.05, 3.63) is 70.7 Å². The van der Waals surface area contributed by atoms with Crippen molar-refractivity contribution in [1.82, 2.24) is 24.4 Å². The lowest BCUT2D eigenvalue weighted by Gasteiger charge is -2.34. The van der Waals surface area contributed by atoms with E-state index in [4.69, 9.17) is 4.98 Å². The smallest absolute Gasteiger partial charge is 0.305 e. The van der Waals surface area contributed by atoms with Crippen molar-refractivity contribution in [2.75, 3.05) is 18.4 Å². The number of aliphatic carboxylic acids is 1. The molecule has 2 aliphatic rings. The van der Waals surface area contributed by atoms with Gasteiger partial charge in [0.2, 0.25) is 0 Å². The molecular weight excluding hydrogens is 432 g/mol. The van der Waals surface area contributed by atoms with Gasteiger partial charge < -0.3 is 19.9 Å². The number of nitrogens with one attached hydrogen (secondary N) is 1. The highest BCUT2D eigenvalue weighted by atomic mass is 16.4. The minimum Gasteiger partial charge on any atom is -0.481 e. The summed E-state index contributed by atoms with van der Waals surface area (Å²) in [5.41, 5.74) is 4.60. The number of rotatable bonds is 7. The minimum atomic E-state index is -0.966. The molecule has 0 aromatic carbocycles. The van der Waals surface area contributed by atoms with E-state index in [0.717, 1.165) is 49.3 Å². The zero-order valence-corrected chi connectivity index (χ0v) is 19.2. The van der Waals surface area contributed by atoms with E-state index in [-0.39, 0.29) is 12.3 Å². The first kappa shape index (κ1) is 22.1. The van der Waals surface area contributed by atoms with Crippen molar-refractivity contribution < 1.29 is 14.7 Å². The fourth-order valence-electron chi connectivity index (χ4n) is 4.76. The van der Waals surface area contributed by atoms with E-state index in [2.05, 4.69) is 27.4 Å². The fraction of sp³-hybridized carbons (Fsp3) is 0.400. The van der Waals surface area contributed by atoms with E-state index in [1.54, 1.807) is 24.2 Å². The molecule has 1 atom stereocenters. The zero-order chi connectivity index (χ0) is 23.7. The van der Waals surface area contributed by atoms with Crippen LogP contribution in [-0.4, -0.2) is 54.5 Å². The number of carboxylic acids is 1. The van der Waals surface area contributed by atoms with Gasteiger partial charge in [0.15, 0.2) is 0 Å². The number of nitrogens with zero attached hydrogens (tertiary/aromatic N) is 5. The van der Waals surface area contributed by atoms with Crippen LogP contribution in [0.25, 0.3) is 0 Å².